The molecule has 0 saturated carbocycles. The van der Waals surface area contributed by atoms with Gasteiger partial charge in [-0.25, -0.2) is 0 Å². The number of rotatable bonds is 5. The molecule has 0 fully saturated rings. The summed E-state index contributed by atoms with van der Waals surface area (Å²) in [5.41, 5.74) is 0. The normalized spacial score (nSPS) is 13.7. The third-order valence-electron chi connectivity index (χ3n) is 3.01. The first-order chi connectivity index (χ1) is 6.17. The molecule has 2 heteroatoms. The average Bonchev–Trinajstić information content (AvgIpc) is 1.95. The van der Waals surface area contributed by atoms with Crippen molar-refractivity contribution in [3.8, 4) is 0 Å². The van der Waals surface area contributed by atoms with Gasteiger partial charge in [0.2, 0.25) is 0 Å². The zero-order valence-electron chi connectivity index (χ0n) is 11.0. The summed E-state index contributed by atoms with van der Waals surface area (Å²) in [5.74, 6) is 0.748. The molecule has 0 aromatic carbocycles. The van der Waals surface area contributed by atoms with Crippen LogP contribution in [0, 0.1) is 12.3 Å². The molecular formula is C12H27OSi. The largest absolute Gasteiger partial charge is 0.417 e. The van der Waals surface area contributed by atoms with Gasteiger partial charge in [0.1, 0.15) is 0 Å². The summed E-state index contributed by atoms with van der Waals surface area (Å²) in [6.07, 6.45) is 3.43. The molecular weight excluding hydrogens is 188 g/mol. The topological polar surface area (TPSA) is 9.23 Å². The Morgan fingerprint density at radius 3 is 2.07 bits per heavy atom. The molecule has 0 rings (SSSR count). The zero-order valence-corrected chi connectivity index (χ0v) is 12.0. The van der Waals surface area contributed by atoms with Gasteiger partial charge in [0.25, 0.3) is 0 Å². The van der Waals surface area contributed by atoms with Gasteiger partial charge in [-0.3, -0.25) is 0 Å². The van der Waals surface area contributed by atoms with Crippen LogP contribution in [0.5, 0.6) is 0 Å². The quantitative estimate of drug-likeness (QED) is 0.492. The molecule has 1 radical (unpaired) electrons. The van der Waals surface area contributed by atoms with Crippen LogP contribution in [0.25, 0.3) is 0 Å². The van der Waals surface area contributed by atoms with Gasteiger partial charge in [-0.05, 0) is 36.9 Å². The van der Waals surface area contributed by atoms with Crippen LogP contribution in [0.1, 0.15) is 41.0 Å². The molecule has 0 unspecified atom stereocenters. The van der Waals surface area contributed by atoms with Crippen LogP contribution in [0.3, 0.4) is 0 Å². The lowest BCUT2D eigenvalue weighted by molar-refractivity contribution is 0.308. The highest BCUT2D eigenvalue weighted by Gasteiger charge is 2.36. The summed E-state index contributed by atoms with van der Waals surface area (Å²) in [7, 11) is -1.51. The third kappa shape index (κ3) is 5.16. The molecule has 0 saturated heterocycles. The van der Waals surface area contributed by atoms with Crippen LogP contribution in [0.4, 0.5) is 0 Å². The second-order valence-electron chi connectivity index (χ2n) is 5.99. The molecule has 85 valence electrons. The molecule has 0 heterocycles. The van der Waals surface area contributed by atoms with E-state index in [1.54, 1.807) is 0 Å². The second-order valence-corrected chi connectivity index (χ2v) is 10.8. The molecule has 0 spiro atoms. The van der Waals surface area contributed by atoms with E-state index < -0.39 is 8.32 Å². The van der Waals surface area contributed by atoms with Gasteiger partial charge in [0, 0.05) is 6.61 Å². The molecule has 0 aromatic rings. The smallest absolute Gasteiger partial charge is 0.191 e. The van der Waals surface area contributed by atoms with Gasteiger partial charge in [-0.2, -0.15) is 0 Å². The van der Waals surface area contributed by atoms with Crippen LogP contribution >= 0.6 is 0 Å². The molecule has 14 heavy (non-hydrogen) atoms. The minimum absolute atomic E-state index is 0.332. The molecule has 1 nitrogen and oxygen atoms in total. The Morgan fingerprint density at radius 1 is 1.21 bits per heavy atom. The van der Waals surface area contributed by atoms with Gasteiger partial charge < -0.3 is 4.43 Å². The molecule has 0 aliphatic carbocycles. The van der Waals surface area contributed by atoms with E-state index >= 15 is 0 Å². The van der Waals surface area contributed by atoms with E-state index in [0.717, 1.165) is 18.9 Å². The van der Waals surface area contributed by atoms with Crippen LogP contribution < -0.4 is 0 Å². The van der Waals surface area contributed by atoms with E-state index in [-0.39, 0.29) is 0 Å². The second kappa shape index (κ2) is 5.31. The van der Waals surface area contributed by atoms with E-state index in [2.05, 4.69) is 54.1 Å². The Labute approximate surface area is 91.4 Å². The van der Waals surface area contributed by atoms with Gasteiger partial charge >= 0.3 is 0 Å². The van der Waals surface area contributed by atoms with E-state index in [9.17, 15) is 0 Å². The van der Waals surface area contributed by atoms with Crippen molar-refractivity contribution in [2.45, 2.75) is 59.2 Å². The van der Waals surface area contributed by atoms with Gasteiger partial charge in [0.05, 0.1) is 0 Å². The van der Waals surface area contributed by atoms with E-state index in [4.69, 9.17) is 4.43 Å². The first-order valence-corrected chi connectivity index (χ1v) is 8.53. The summed E-state index contributed by atoms with van der Waals surface area (Å²) < 4.78 is 6.03. The van der Waals surface area contributed by atoms with Crippen LogP contribution in [-0.4, -0.2) is 14.9 Å². The molecule has 0 atom stereocenters. The maximum atomic E-state index is 6.03. The minimum Gasteiger partial charge on any atom is -0.417 e. The molecule has 0 aliphatic rings. The van der Waals surface area contributed by atoms with Crippen molar-refractivity contribution in [3.63, 3.8) is 0 Å². The Balaban J connectivity index is 3.78. The lowest BCUT2D eigenvalue weighted by Gasteiger charge is -2.36. The first-order valence-electron chi connectivity index (χ1n) is 5.62. The molecule has 0 amide bonds. The highest BCUT2D eigenvalue weighted by molar-refractivity contribution is 6.74. The Bertz CT molecular complexity index is 156. The fourth-order valence-corrected chi connectivity index (χ4v) is 1.85. The fraction of sp³-hybridized carbons (Fsp3) is 0.917. The summed E-state index contributed by atoms with van der Waals surface area (Å²) in [6.45, 7) is 16.7. The minimum atomic E-state index is -1.51. The SMILES string of the molecule is CC(C)C[CH]CO[Si](C)(C)C(C)(C)C. The monoisotopic (exact) mass is 215 g/mol. The number of hydrogen-bond donors (Lipinski definition) is 0. The Morgan fingerprint density at radius 2 is 1.71 bits per heavy atom. The van der Waals surface area contributed by atoms with Crippen molar-refractivity contribution < 1.29 is 4.43 Å². The predicted molar refractivity (Wildman–Crippen MR) is 66.9 cm³/mol. The van der Waals surface area contributed by atoms with Crippen LogP contribution in [0.2, 0.25) is 18.1 Å². The lowest BCUT2D eigenvalue weighted by atomic mass is 10.1. The highest BCUT2D eigenvalue weighted by atomic mass is 28.4. The maximum absolute atomic E-state index is 6.03. The molecule has 0 aromatic heterocycles. The predicted octanol–water partition coefficient (Wildman–Crippen LogP) is 4.26. The molecule has 0 N–H and O–H groups in total. The fourth-order valence-electron chi connectivity index (χ4n) is 0.885. The Hall–Kier alpha value is 0.177. The third-order valence-corrected chi connectivity index (χ3v) is 7.51. The van der Waals surface area contributed by atoms with E-state index in [0.29, 0.717) is 5.04 Å². The maximum Gasteiger partial charge on any atom is 0.191 e. The van der Waals surface area contributed by atoms with Crippen molar-refractivity contribution in [1.29, 1.82) is 0 Å². The van der Waals surface area contributed by atoms with Gasteiger partial charge in [0.15, 0.2) is 8.32 Å². The summed E-state index contributed by atoms with van der Waals surface area (Å²) in [5, 5.41) is 0.332. The van der Waals surface area contributed by atoms with Crippen molar-refractivity contribution >= 4 is 8.32 Å². The first kappa shape index (κ1) is 14.2. The Kier molecular flexibility index (Phi) is 5.38. The molecule has 0 aliphatic heterocycles. The van der Waals surface area contributed by atoms with Crippen molar-refractivity contribution in [2.75, 3.05) is 6.61 Å². The average molecular weight is 215 g/mol. The van der Waals surface area contributed by atoms with Crippen molar-refractivity contribution in [3.05, 3.63) is 6.42 Å². The van der Waals surface area contributed by atoms with Gasteiger partial charge in [-0.15, -0.1) is 0 Å². The van der Waals surface area contributed by atoms with Crippen molar-refractivity contribution in [1.82, 2.24) is 0 Å². The zero-order chi connectivity index (χ0) is 11.4. The highest BCUT2D eigenvalue weighted by Crippen LogP contribution is 2.36. The summed E-state index contributed by atoms with van der Waals surface area (Å²) in [4.78, 5) is 0. The standard InChI is InChI=1S/C12H27OSi/c1-11(2)9-8-10-13-14(6,7)12(3,4)5/h8,11H,9-10H2,1-7H3. The van der Waals surface area contributed by atoms with Crippen molar-refractivity contribution in [2.24, 2.45) is 5.92 Å². The van der Waals surface area contributed by atoms with E-state index in [1.165, 1.54) is 0 Å². The number of hydrogen-bond acceptors (Lipinski definition) is 1. The van der Waals surface area contributed by atoms with E-state index in [1.807, 2.05) is 0 Å². The molecule has 0 bridgehead atoms. The summed E-state index contributed by atoms with van der Waals surface area (Å²) in [6, 6.07) is 0. The lowest BCUT2D eigenvalue weighted by Crippen LogP contribution is -2.41. The van der Waals surface area contributed by atoms with Crippen LogP contribution in [-0.2, 0) is 4.43 Å². The van der Waals surface area contributed by atoms with Gasteiger partial charge in [-0.1, -0.05) is 34.6 Å². The van der Waals surface area contributed by atoms with Crippen LogP contribution in [0.15, 0.2) is 0 Å². The summed E-state index contributed by atoms with van der Waals surface area (Å²) >= 11 is 0.